The van der Waals surface area contributed by atoms with Crippen LogP contribution in [0.3, 0.4) is 0 Å². The van der Waals surface area contributed by atoms with E-state index < -0.39 is 0 Å². The standard InChI is InChI=1S/C17H23N3O2/c1-11(2)19-16(21)10-20(4)12(3)17(22)14-9-18-15-8-6-5-7-13(14)15/h5-9,11-12,18H,10H2,1-4H3,(H,19,21)/t12-/m1/s1. The van der Waals surface area contributed by atoms with Gasteiger partial charge in [0.15, 0.2) is 5.78 Å². The number of rotatable bonds is 6. The average molecular weight is 301 g/mol. The fraction of sp³-hybridized carbons (Fsp3) is 0.412. The van der Waals surface area contributed by atoms with Crippen LogP contribution >= 0.6 is 0 Å². The van der Waals surface area contributed by atoms with Crippen molar-refractivity contribution in [1.82, 2.24) is 15.2 Å². The fourth-order valence-electron chi connectivity index (χ4n) is 2.43. The van der Waals surface area contributed by atoms with E-state index >= 15 is 0 Å². The van der Waals surface area contributed by atoms with Gasteiger partial charge in [0.25, 0.3) is 0 Å². The van der Waals surface area contributed by atoms with E-state index in [4.69, 9.17) is 0 Å². The van der Waals surface area contributed by atoms with Crippen molar-refractivity contribution in [3.8, 4) is 0 Å². The number of aromatic amines is 1. The van der Waals surface area contributed by atoms with Crippen LogP contribution in [0.25, 0.3) is 10.9 Å². The molecule has 1 amide bonds. The van der Waals surface area contributed by atoms with Crippen LogP contribution in [0.15, 0.2) is 30.5 Å². The average Bonchev–Trinajstić information content (AvgIpc) is 2.88. The molecular weight excluding hydrogens is 278 g/mol. The summed E-state index contributed by atoms with van der Waals surface area (Å²) in [4.78, 5) is 29.4. The summed E-state index contributed by atoms with van der Waals surface area (Å²) >= 11 is 0. The first kappa shape index (κ1) is 16.2. The molecule has 0 aliphatic rings. The van der Waals surface area contributed by atoms with Crippen molar-refractivity contribution in [3.63, 3.8) is 0 Å². The van der Waals surface area contributed by atoms with Crippen molar-refractivity contribution in [3.05, 3.63) is 36.0 Å². The minimum Gasteiger partial charge on any atom is -0.360 e. The second-order valence-electron chi connectivity index (χ2n) is 5.93. The molecule has 1 heterocycles. The molecule has 1 aromatic heterocycles. The molecule has 0 saturated heterocycles. The number of amides is 1. The van der Waals surface area contributed by atoms with Crippen LogP contribution in [0.1, 0.15) is 31.1 Å². The number of nitrogens with one attached hydrogen (secondary N) is 2. The van der Waals surface area contributed by atoms with Gasteiger partial charge in [-0.2, -0.15) is 0 Å². The number of benzene rings is 1. The first-order valence-electron chi connectivity index (χ1n) is 7.50. The maximum absolute atomic E-state index is 12.7. The maximum Gasteiger partial charge on any atom is 0.234 e. The molecular formula is C17H23N3O2. The summed E-state index contributed by atoms with van der Waals surface area (Å²) in [5.41, 5.74) is 1.61. The van der Waals surface area contributed by atoms with E-state index in [0.29, 0.717) is 5.56 Å². The lowest BCUT2D eigenvalue weighted by atomic mass is 10.0. The molecule has 1 atom stereocenters. The summed E-state index contributed by atoms with van der Waals surface area (Å²) in [6.45, 7) is 5.86. The van der Waals surface area contributed by atoms with E-state index in [1.54, 1.807) is 18.1 Å². The summed E-state index contributed by atoms with van der Waals surface area (Å²) in [6, 6.07) is 7.45. The number of likely N-dealkylation sites (N-methyl/N-ethyl adjacent to an activating group) is 1. The van der Waals surface area contributed by atoms with Crippen LogP contribution in [0.4, 0.5) is 0 Å². The van der Waals surface area contributed by atoms with E-state index in [2.05, 4.69) is 10.3 Å². The zero-order valence-electron chi connectivity index (χ0n) is 13.5. The van der Waals surface area contributed by atoms with Crippen LogP contribution in [-0.2, 0) is 4.79 Å². The third-order valence-corrected chi connectivity index (χ3v) is 3.74. The largest absolute Gasteiger partial charge is 0.360 e. The van der Waals surface area contributed by atoms with Crippen molar-refractivity contribution in [2.45, 2.75) is 32.9 Å². The quantitative estimate of drug-likeness (QED) is 0.804. The van der Waals surface area contributed by atoms with Gasteiger partial charge in [-0.3, -0.25) is 14.5 Å². The molecule has 0 fully saturated rings. The SMILES string of the molecule is CC(C)NC(=O)CN(C)[C@H](C)C(=O)c1c[nH]c2ccccc12. The number of carbonyl (C=O) groups excluding carboxylic acids is 2. The molecule has 1 aromatic carbocycles. The maximum atomic E-state index is 12.7. The molecule has 0 aliphatic heterocycles. The molecule has 0 unspecified atom stereocenters. The van der Waals surface area contributed by atoms with Crippen molar-refractivity contribution in [2.24, 2.45) is 0 Å². The van der Waals surface area contributed by atoms with Crippen LogP contribution in [0.2, 0.25) is 0 Å². The van der Waals surface area contributed by atoms with Crippen molar-refractivity contribution < 1.29 is 9.59 Å². The Hall–Kier alpha value is -2.14. The second kappa shape index (κ2) is 6.75. The first-order chi connectivity index (χ1) is 10.4. The molecule has 0 aliphatic carbocycles. The summed E-state index contributed by atoms with van der Waals surface area (Å²) in [5.74, 6) is -0.0617. The monoisotopic (exact) mass is 301 g/mol. The Morgan fingerprint density at radius 2 is 1.91 bits per heavy atom. The zero-order chi connectivity index (χ0) is 16.3. The fourth-order valence-corrected chi connectivity index (χ4v) is 2.43. The number of carbonyl (C=O) groups is 2. The lowest BCUT2D eigenvalue weighted by Crippen LogP contribution is -2.44. The highest BCUT2D eigenvalue weighted by Crippen LogP contribution is 2.20. The van der Waals surface area contributed by atoms with Gasteiger partial charge < -0.3 is 10.3 Å². The highest BCUT2D eigenvalue weighted by molar-refractivity contribution is 6.10. The lowest BCUT2D eigenvalue weighted by molar-refractivity contribution is -0.122. The number of hydrogen-bond acceptors (Lipinski definition) is 3. The molecule has 5 nitrogen and oxygen atoms in total. The number of fused-ring (bicyclic) bond motifs is 1. The highest BCUT2D eigenvalue weighted by atomic mass is 16.2. The minimum absolute atomic E-state index is 0.0114. The van der Waals surface area contributed by atoms with Crippen LogP contribution in [-0.4, -0.2) is 47.3 Å². The summed E-state index contributed by atoms with van der Waals surface area (Å²) in [5, 5.41) is 3.75. The Kier molecular flexibility index (Phi) is 4.98. The normalized spacial score (nSPS) is 12.8. The third kappa shape index (κ3) is 3.54. The predicted octanol–water partition coefficient (Wildman–Crippen LogP) is 2.20. The van der Waals surface area contributed by atoms with Crippen LogP contribution < -0.4 is 5.32 Å². The lowest BCUT2D eigenvalue weighted by Gasteiger charge is -2.23. The number of H-pyrrole nitrogens is 1. The smallest absolute Gasteiger partial charge is 0.234 e. The third-order valence-electron chi connectivity index (χ3n) is 3.74. The Balaban J connectivity index is 2.10. The molecule has 0 bridgehead atoms. The van der Waals surface area contributed by atoms with E-state index in [1.807, 2.05) is 45.0 Å². The van der Waals surface area contributed by atoms with Gasteiger partial charge in [-0.15, -0.1) is 0 Å². The van der Waals surface area contributed by atoms with Gasteiger partial charge in [-0.05, 0) is 33.9 Å². The zero-order valence-corrected chi connectivity index (χ0v) is 13.5. The van der Waals surface area contributed by atoms with Gasteiger partial charge in [-0.25, -0.2) is 0 Å². The Morgan fingerprint density at radius 1 is 1.23 bits per heavy atom. The van der Waals surface area contributed by atoms with E-state index in [0.717, 1.165) is 10.9 Å². The number of nitrogens with zero attached hydrogens (tertiary/aromatic N) is 1. The van der Waals surface area contributed by atoms with Crippen LogP contribution in [0, 0.1) is 0 Å². The Bertz CT molecular complexity index is 675. The molecule has 5 heteroatoms. The molecule has 0 radical (unpaired) electrons. The molecule has 2 aromatic rings. The number of Topliss-reactive ketones (excluding diaryl/α,β-unsaturated/α-hetero) is 1. The summed E-state index contributed by atoms with van der Waals surface area (Å²) in [7, 11) is 1.79. The molecule has 2 rings (SSSR count). The highest BCUT2D eigenvalue weighted by Gasteiger charge is 2.23. The van der Waals surface area contributed by atoms with E-state index in [9.17, 15) is 9.59 Å². The van der Waals surface area contributed by atoms with Gasteiger partial charge >= 0.3 is 0 Å². The molecule has 0 saturated carbocycles. The predicted molar refractivity (Wildman–Crippen MR) is 88.0 cm³/mol. The van der Waals surface area contributed by atoms with Gasteiger partial charge in [0.2, 0.25) is 5.91 Å². The van der Waals surface area contributed by atoms with E-state index in [1.165, 1.54) is 0 Å². The number of hydrogen-bond donors (Lipinski definition) is 2. The van der Waals surface area contributed by atoms with Gasteiger partial charge in [-0.1, -0.05) is 18.2 Å². The van der Waals surface area contributed by atoms with Gasteiger partial charge in [0.1, 0.15) is 0 Å². The Labute approximate surface area is 130 Å². The molecule has 0 spiro atoms. The van der Waals surface area contributed by atoms with Crippen molar-refractivity contribution >= 4 is 22.6 Å². The minimum atomic E-state index is -0.364. The number of ketones is 1. The van der Waals surface area contributed by atoms with Gasteiger partial charge in [0.05, 0.1) is 12.6 Å². The summed E-state index contributed by atoms with van der Waals surface area (Å²) in [6.07, 6.45) is 1.74. The number of aromatic nitrogens is 1. The van der Waals surface area contributed by atoms with Gasteiger partial charge in [0, 0.05) is 28.7 Å². The topological polar surface area (TPSA) is 65.2 Å². The first-order valence-corrected chi connectivity index (χ1v) is 7.50. The molecule has 22 heavy (non-hydrogen) atoms. The Morgan fingerprint density at radius 3 is 2.59 bits per heavy atom. The molecule has 118 valence electrons. The van der Waals surface area contributed by atoms with E-state index in [-0.39, 0.29) is 30.3 Å². The van der Waals surface area contributed by atoms with Crippen molar-refractivity contribution in [2.75, 3.05) is 13.6 Å². The second-order valence-corrected chi connectivity index (χ2v) is 5.93. The number of para-hydroxylation sites is 1. The van der Waals surface area contributed by atoms with Crippen LogP contribution in [0.5, 0.6) is 0 Å². The van der Waals surface area contributed by atoms with Crippen molar-refractivity contribution in [1.29, 1.82) is 0 Å². The molecule has 2 N–H and O–H groups in total. The summed E-state index contributed by atoms with van der Waals surface area (Å²) < 4.78 is 0.